The summed E-state index contributed by atoms with van der Waals surface area (Å²) in [6.07, 6.45) is 1.26. The summed E-state index contributed by atoms with van der Waals surface area (Å²) in [6, 6.07) is 8.56. The van der Waals surface area contributed by atoms with Gasteiger partial charge in [0.2, 0.25) is 5.91 Å². The maximum atomic E-state index is 11.2. The van der Waals surface area contributed by atoms with Crippen LogP contribution in [-0.2, 0) is 11.2 Å². The van der Waals surface area contributed by atoms with E-state index in [1.807, 2.05) is 0 Å². The number of rotatable bonds is 6. The maximum Gasteiger partial charge on any atom is 0.221 e. The molecule has 1 rings (SSSR count). The minimum absolute atomic E-state index is 0.0267. The predicted octanol–water partition coefficient (Wildman–Crippen LogP) is 3.10. The average Bonchev–Trinajstić information content (AvgIpc) is 2.30. The van der Waals surface area contributed by atoms with Crippen LogP contribution >= 0.6 is 11.6 Å². The van der Waals surface area contributed by atoms with Crippen LogP contribution in [0.1, 0.15) is 37.3 Å². The van der Waals surface area contributed by atoms with Gasteiger partial charge in [0.15, 0.2) is 0 Å². The van der Waals surface area contributed by atoms with Crippen LogP contribution in [0.2, 0.25) is 0 Å². The Labute approximate surface area is 108 Å². The molecule has 0 saturated carbocycles. The zero-order valence-corrected chi connectivity index (χ0v) is 11.3. The topological polar surface area (TPSA) is 29.1 Å². The molecule has 94 valence electrons. The van der Waals surface area contributed by atoms with Crippen molar-refractivity contribution in [3.05, 3.63) is 35.4 Å². The second-order valence-electron chi connectivity index (χ2n) is 4.44. The molecule has 0 aliphatic heterocycles. The highest BCUT2D eigenvalue weighted by atomic mass is 35.5. The van der Waals surface area contributed by atoms with Gasteiger partial charge in [0.25, 0.3) is 0 Å². The van der Waals surface area contributed by atoms with Crippen LogP contribution in [0.15, 0.2) is 24.3 Å². The Hall–Kier alpha value is -1.02. The number of hydrogen-bond acceptors (Lipinski definition) is 1. The first-order valence-corrected chi connectivity index (χ1v) is 6.58. The summed E-state index contributed by atoms with van der Waals surface area (Å²) in [4.78, 5) is 11.2. The van der Waals surface area contributed by atoms with Crippen LogP contribution in [-0.4, -0.2) is 18.3 Å². The highest BCUT2D eigenvalue weighted by molar-refractivity contribution is 6.18. The average molecular weight is 254 g/mol. The standard InChI is InChI=1S/C14H20ClNO/c1-11(2)13-5-3-12(4-6-13)8-10-16-14(17)7-9-15/h3-6,11H,7-10H2,1-2H3,(H,16,17). The summed E-state index contributed by atoms with van der Waals surface area (Å²) >= 11 is 5.48. The van der Waals surface area contributed by atoms with E-state index in [1.54, 1.807) is 0 Å². The van der Waals surface area contributed by atoms with Gasteiger partial charge in [-0.15, -0.1) is 11.6 Å². The van der Waals surface area contributed by atoms with Crippen molar-refractivity contribution in [3.8, 4) is 0 Å². The van der Waals surface area contributed by atoms with Crippen LogP contribution < -0.4 is 5.32 Å². The third-order valence-electron chi connectivity index (χ3n) is 2.70. The van der Waals surface area contributed by atoms with Gasteiger partial charge >= 0.3 is 0 Å². The lowest BCUT2D eigenvalue weighted by atomic mass is 10.0. The Balaban J connectivity index is 2.35. The molecule has 0 aromatic heterocycles. The summed E-state index contributed by atoms with van der Waals surface area (Å²) in [6.45, 7) is 5.04. The summed E-state index contributed by atoms with van der Waals surface area (Å²) in [5.74, 6) is 0.973. The quantitative estimate of drug-likeness (QED) is 0.776. The minimum Gasteiger partial charge on any atom is -0.356 e. The number of halogens is 1. The highest BCUT2D eigenvalue weighted by Gasteiger charge is 2.01. The van der Waals surface area contributed by atoms with Gasteiger partial charge in [0.1, 0.15) is 0 Å². The summed E-state index contributed by atoms with van der Waals surface area (Å²) < 4.78 is 0. The van der Waals surface area contributed by atoms with E-state index in [4.69, 9.17) is 11.6 Å². The molecule has 1 N–H and O–H groups in total. The van der Waals surface area contributed by atoms with Crippen molar-refractivity contribution in [3.63, 3.8) is 0 Å². The molecule has 1 amide bonds. The molecule has 0 bridgehead atoms. The molecule has 17 heavy (non-hydrogen) atoms. The Morgan fingerprint density at radius 2 is 1.94 bits per heavy atom. The first-order chi connectivity index (χ1) is 8.13. The van der Waals surface area contributed by atoms with Crippen LogP contribution in [0.5, 0.6) is 0 Å². The van der Waals surface area contributed by atoms with Crippen molar-refractivity contribution >= 4 is 17.5 Å². The third kappa shape index (κ3) is 5.22. The van der Waals surface area contributed by atoms with Crippen molar-refractivity contribution in [1.82, 2.24) is 5.32 Å². The fraction of sp³-hybridized carbons (Fsp3) is 0.500. The van der Waals surface area contributed by atoms with Gasteiger partial charge in [-0.1, -0.05) is 38.1 Å². The van der Waals surface area contributed by atoms with Gasteiger partial charge in [0, 0.05) is 18.8 Å². The fourth-order valence-corrected chi connectivity index (χ4v) is 1.76. The summed E-state index contributed by atoms with van der Waals surface area (Å²) in [5, 5.41) is 2.85. The molecule has 1 aromatic rings. The number of benzene rings is 1. The zero-order chi connectivity index (χ0) is 12.7. The lowest BCUT2D eigenvalue weighted by Crippen LogP contribution is -2.25. The molecule has 0 atom stereocenters. The molecule has 0 fully saturated rings. The van der Waals surface area contributed by atoms with E-state index in [2.05, 4.69) is 43.4 Å². The second-order valence-corrected chi connectivity index (χ2v) is 4.81. The fourth-order valence-electron chi connectivity index (χ4n) is 1.59. The number of nitrogens with one attached hydrogen (secondary N) is 1. The van der Waals surface area contributed by atoms with E-state index >= 15 is 0 Å². The monoisotopic (exact) mass is 253 g/mol. The molecular weight excluding hydrogens is 234 g/mol. The Morgan fingerprint density at radius 1 is 1.29 bits per heavy atom. The van der Waals surface area contributed by atoms with Crippen molar-refractivity contribution in [2.24, 2.45) is 0 Å². The number of carbonyl (C=O) groups is 1. The van der Waals surface area contributed by atoms with Gasteiger partial charge < -0.3 is 5.32 Å². The maximum absolute atomic E-state index is 11.2. The lowest BCUT2D eigenvalue weighted by Gasteiger charge is -2.07. The largest absolute Gasteiger partial charge is 0.356 e. The first kappa shape index (κ1) is 14.0. The molecule has 2 nitrogen and oxygen atoms in total. The number of alkyl halides is 1. The van der Waals surface area contributed by atoms with Gasteiger partial charge in [-0.05, 0) is 23.5 Å². The predicted molar refractivity (Wildman–Crippen MR) is 72.6 cm³/mol. The third-order valence-corrected chi connectivity index (χ3v) is 2.89. The Kier molecular flexibility index (Phi) is 6.06. The molecule has 0 radical (unpaired) electrons. The van der Waals surface area contributed by atoms with E-state index in [-0.39, 0.29) is 5.91 Å². The van der Waals surface area contributed by atoms with Crippen LogP contribution in [0, 0.1) is 0 Å². The van der Waals surface area contributed by atoms with Gasteiger partial charge in [0.05, 0.1) is 0 Å². The van der Waals surface area contributed by atoms with Crippen LogP contribution in [0.4, 0.5) is 0 Å². The second kappa shape index (κ2) is 7.33. The summed E-state index contributed by atoms with van der Waals surface area (Å²) in [7, 11) is 0. The van der Waals surface area contributed by atoms with Crippen molar-refractivity contribution in [2.75, 3.05) is 12.4 Å². The summed E-state index contributed by atoms with van der Waals surface area (Å²) in [5.41, 5.74) is 2.60. The normalized spacial score (nSPS) is 10.6. The van der Waals surface area contributed by atoms with E-state index < -0.39 is 0 Å². The SMILES string of the molecule is CC(C)c1ccc(CCNC(=O)CCCl)cc1. The van der Waals surface area contributed by atoms with E-state index in [0.717, 1.165) is 6.42 Å². The molecule has 0 spiro atoms. The zero-order valence-electron chi connectivity index (χ0n) is 10.5. The number of hydrogen-bond donors (Lipinski definition) is 1. The number of amides is 1. The molecule has 1 aromatic carbocycles. The highest BCUT2D eigenvalue weighted by Crippen LogP contribution is 2.14. The van der Waals surface area contributed by atoms with Crippen molar-refractivity contribution in [1.29, 1.82) is 0 Å². The molecule has 0 aliphatic carbocycles. The lowest BCUT2D eigenvalue weighted by molar-refractivity contribution is -0.120. The molecule has 0 unspecified atom stereocenters. The number of carbonyl (C=O) groups excluding carboxylic acids is 1. The van der Waals surface area contributed by atoms with E-state index in [1.165, 1.54) is 11.1 Å². The van der Waals surface area contributed by atoms with E-state index in [9.17, 15) is 4.79 Å². The van der Waals surface area contributed by atoms with Crippen molar-refractivity contribution < 1.29 is 4.79 Å². The molecule has 0 saturated heterocycles. The van der Waals surface area contributed by atoms with Gasteiger partial charge in [-0.2, -0.15) is 0 Å². The smallest absolute Gasteiger partial charge is 0.221 e. The molecule has 3 heteroatoms. The molecule has 0 heterocycles. The first-order valence-electron chi connectivity index (χ1n) is 6.05. The van der Waals surface area contributed by atoms with Crippen molar-refractivity contribution in [2.45, 2.75) is 32.6 Å². The van der Waals surface area contributed by atoms with Gasteiger partial charge in [-0.25, -0.2) is 0 Å². The van der Waals surface area contributed by atoms with Crippen LogP contribution in [0.25, 0.3) is 0 Å². The van der Waals surface area contributed by atoms with Crippen LogP contribution in [0.3, 0.4) is 0 Å². The molecular formula is C14H20ClNO. The van der Waals surface area contributed by atoms with Gasteiger partial charge in [-0.3, -0.25) is 4.79 Å². The Bertz CT molecular complexity index is 346. The minimum atomic E-state index is 0.0267. The Morgan fingerprint density at radius 3 is 2.47 bits per heavy atom. The molecule has 0 aliphatic rings. The van der Waals surface area contributed by atoms with E-state index in [0.29, 0.717) is 24.8 Å².